The molecule has 5 heteroatoms. The van der Waals surface area contributed by atoms with Gasteiger partial charge in [0.15, 0.2) is 6.39 Å². The summed E-state index contributed by atoms with van der Waals surface area (Å²) < 4.78 is 4.88. The van der Waals surface area contributed by atoms with Crippen molar-refractivity contribution in [2.75, 3.05) is 5.32 Å². The molecule has 0 amide bonds. The third kappa shape index (κ3) is 1.63. The van der Waals surface area contributed by atoms with E-state index in [1.807, 2.05) is 24.3 Å². The van der Waals surface area contributed by atoms with Crippen LogP contribution in [0.15, 0.2) is 41.3 Å². The standard InChI is InChI=1S/C11H10N4O/c1-2-4-10-9(3-1)14-11(15-10)12-5-8-6-16-7-13-8/h1-4,6-7H,5H2,(H2,12,14,15). The highest BCUT2D eigenvalue weighted by molar-refractivity contribution is 5.77. The zero-order valence-electron chi connectivity index (χ0n) is 8.47. The molecule has 80 valence electrons. The van der Waals surface area contributed by atoms with Crippen LogP contribution in [-0.4, -0.2) is 15.0 Å². The number of anilines is 1. The van der Waals surface area contributed by atoms with Crippen molar-refractivity contribution in [3.05, 3.63) is 42.6 Å². The lowest BCUT2D eigenvalue weighted by Gasteiger charge is -1.97. The maximum atomic E-state index is 4.88. The molecule has 2 N–H and O–H groups in total. The molecule has 5 nitrogen and oxygen atoms in total. The van der Waals surface area contributed by atoms with Crippen molar-refractivity contribution in [3.8, 4) is 0 Å². The minimum atomic E-state index is 0.594. The van der Waals surface area contributed by atoms with Crippen LogP contribution in [0.1, 0.15) is 5.69 Å². The van der Waals surface area contributed by atoms with Gasteiger partial charge in [0.1, 0.15) is 6.26 Å². The summed E-state index contributed by atoms with van der Waals surface area (Å²) in [6, 6.07) is 7.89. The van der Waals surface area contributed by atoms with Gasteiger partial charge in [0.2, 0.25) is 5.95 Å². The molecule has 0 fully saturated rings. The van der Waals surface area contributed by atoms with Crippen LogP contribution in [0, 0.1) is 0 Å². The van der Waals surface area contributed by atoms with E-state index in [1.165, 1.54) is 6.39 Å². The molecule has 0 aliphatic carbocycles. The lowest BCUT2D eigenvalue weighted by molar-refractivity contribution is 0.556. The predicted octanol–water partition coefficient (Wildman–Crippen LogP) is 2.16. The van der Waals surface area contributed by atoms with Crippen molar-refractivity contribution in [1.82, 2.24) is 15.0 Å². The molecule has 0 aliphatic heterocycles. The summed E-state index contributed by atoms with van der Waals surface area (Å²) >= 11 is 0. The average molecular weight is 214 g/mol. The number of imidazole rings is 1. The molecule has 0 saturated carbocycles. The van der Waals surface area contributed by atoms with E-state index in [2.05, 4.69) is 20.3 Å². The molecule has 2 aromatic heterocycles. The van der Waals surface area contributed by atoms with Crippen LogP contribution in [0.4, 0.5) is 5.95 Å². The van der Waals surface area contributed by atoms with Gasteiger partial charge in [-0.2, -0.15) is 0 Å². The highest BCUT2D eigenvalue weighted by Crippen LogP contribution is 2.13. The molecule has 0 bridgehead atoms. The molecule has 0 unspecified atom stereocenters. The fourth-order valence-electron chi connectivity index (χ4n) is 1.54. The van der Waals surface area contributed by atoms with Crippen molar-refractivity contribution in [2.45, 2.75) is 6.54 Å². The Bertz CT molecular complexity index is 552. The molecule has 3 rings (SSSR count). The summed E-state index contributed by atoms with van der Waals surface area (Å²) in [6.07, 6.45) is 3.02. The summed E-state index contributed by atoms with van der Waals surface area (Å²) in [5.74, 6) is 0.740. The first-order valence-corrected chi connectivity index (χ1v) is 4.97. The summed E-state index contributed by atoms with van der Waals surface area (Å²) in [7, 11) is 0. The molecule has 2 heterocycles. The number of benzene rings is 1. The number of nitrogens with one attached hydrogen (secondary N) is 2. The monoisotopic (exact) mass is 214 g/mol. The van der Waals surface area contributed by atoms with Crippen LogP contribution >= 0.6 is 0 Å². The van der Waals surface area contributed by atoms with E-state index >= 15 is 0 Å². The Morgan fingerprint density at radius 1 is 1.31 bits per heavy atom. The van der Waals surface area contributed by atoms with Gasteiger partial charge < -0.3 is 14.7 Å². The van der Waals surface area contributed by atoms with Gasteiger partial charge in [-0.05, 0) is 12.1 Å². The van der Waals surface area contributed by atoms with Crippen molar-refractivity contribution in [3.63, 3.8) is 0 Å². The number of rotatable bonds is 3. The summed E-state index contributed by atoms with van der Waals surface area (Å²) in [5.41, 5.74) is 2.82. The van der Waals surface area contributed by atoms with Gasteiger partial charge in [0.05, 0.1) is 23.3 Å². The maximum Gasteiger partial charge on any atom is 0.201 e. The minimum Gasteiger partial charge on any atom is -0.451 e. The Morgan fingerprint density at radius 3 is 3.06 bits per heavy atom. The molecule has 0 atom stereocenters. The molecule has 3 aromatic rings. The van der Waals surface area contributed by atoms with Gasteiger partial charge in [-0.1, -0.05) is 12.1 Å². The van der Waals surface area contributed by atoms with Crippen LogP contribution in [0.2, 0.25) is 0 Å². The molecule has 0 aliphatic rings. The number of para-hydroxylation sites is 2. The summed E-state index contributed by atoms with van der Waals surface area (Å²) in [5, 5.41) is 3.15. The first-order chi connectivity index (χ1) is 7.92. The van der Waals surface area contributed by atoms with Crippen LogP contribution in [0.3, 0.4) is 0 Å². The van der Waals surface area contributed by atoms with Crippen molar-refractivity contribution < 1.29 is 4.42 Å². The topological polar surface area (TPSA) is 66.7 Å². The van der Waals surface area contributed by atoms with Crippen LogP contribution in [0.5, 0.6) is 0 Å². The molecular weight excluding hydrogens is 204 g/mol. The Labute approximate surface area is 91.5 Å². The normalized spacial score (nSPS) is 10.8. The van der Waals surface area contributed by atoms with Crippen LogP contribution in [-0.2, 0) is 6.54 Å². The van der Waals surface area contributed by atoms with E-state index < -0.39 is 0 Å². The average Bonchev–Trinajstić information content (AvgIpc) is 2.95. The Kier molecular flexibility index (Phi) is 2.07. The Hall–Kier alpha value is -2.30. The lowest BCUT2D eigenvalue weighted by atomic mass is 10.3. The van der Waals surface area contributed by atoms with E-state index in [0.717, 1.165) is 22.7 Å². The lowest BCUT2D eigenvalue weighted by Crippen LogP contribution is -2.00. The number of aromatic amines is 1. The number of fused-ring (bicyclic) bond motifs is 1. The quantitative estimate of drug-likeness (QED) is 0.701. The second-order valence-electron chi connectivity index (χ2n) is 3.44. The number of nitrogens with zero attached hydrogens (tertiary/aromatic N) is 2. The van der Waals surface area contributed by atoms with Crippen LogP contribution in [0.25, 0.3) is 11.0 Å². The number of H-pyrrole nitrogens is 1. The molecule has 0 saturated heterocycles. The molecule has 0 spiro atoms. The van der Waals surface area contributed by atoms with Crippen molar-refractivity contribution >= 4 is 17.0 Å². The second-order valence-corrected chi connectivity index (χ2v) is 3.44. The van der Waals surface area contributed by atoms with Gasteiger partial charge in [0.25, 0.3) is 0 Å². The van der Waals surface area contributed by atoms with E-state index in [4.69, 9.17) is 4.42 Å². The predicted molar refractivity (Wildman–Crippen MR) is 59.9 cm³/mol. The first kappa shape index (κ1) is 8.96. The highest BCUT2D eigenvalue weighted by atomic mass is 16.3. The second kappa shape index (κ2) is 3.69. The first-order valence-electron chi connectivity index (χ1n) is 4.97. The zero-order chi connectivity index (χ0) is 10.8. The smallest absolute Gasteiger partial charge is 0.201 e. The number of hydrogen-bond donors (Lipinski definition) is 2. The van der Waals surface area contributed by atoms with Gasteiger partial charge in [-0.15, -0.1) is 0 Å². The fraction of sp³-hybridized carbons (Fsp3) is 0.0909. The third-order valence-electron chi connectivity index (χ3n) is 2.31. The third-order valence-corrected chi connectivity index (χ3v) is 2.31. The van der Waals surface area contributed by atoms with E-state index in [9.17, 15) is 0 Å². The molecule has 16 heavy (non-hydrogen) atoms. The largest absolute Gasteiger partial charge is 0.451 e. The van der Waals surface area contributed by atoms with Gasteiger partial charge in [0, 0.05) is 0 Å². The van der Waals surface area contributed by atoms with Crippen molar-refractivity contribution in [1.29, 1.82) is 0 Å². The number of hydrogen-bond acceptors (Lipinski definition) is 4. The Morgan fingerprint density at radius 2 is 2.25 bits per heavy atom. The number of aromatic nitrogens is 3. The van der Waals surface area contributed by atoms with E-state index in [0.29, 0.717) is 6.54 Å². The van der Waals surface area contributed by atoms with E-state index in [1.54, 1.807) is 6.26 Å². The fourth-order valence-corrected chi connectivity index (χ4v) is 1.54. The zero-order valence-corrected chi connectivity index (χ0v) is 8.47. The van der Waals surface area contributed by atoms with E-state index in [-0.39, 0.29) is 0 Å². The Balaban J connectivity index is 1.79. The SMILES string of the molecule is c1ccc2[nH]c(NCc3cocn3)nc2c1. The van der Waals surface area contributed by atoms with Crippen LogP contribution < -0.4 is 5.32 Å². The molecule has 1 aromatic carbocycles. The maximum absolute atomic E-state index is 4.88. The number of oxazole rings is 1. The van der Waals surface area contributed by atoms with Gasteiger partial charge in [-0.3, -0.25) is 0 Å². The summed E-state index contributed by atoms with van der Waals surface area (Å²) in [4.78, 5) is 11.6. The van der Waals surface area contributed by atoms with Gasteiger partial charge in [-0.25, -0.2) is 9.97 Å². The van der Waals surface area contributed by atoms with Gasteiger partial charge >= 0.3 is 0 Å². The minimum absolute atomic E-state index is 0.594. The summed E-state index contributed by atoms with van der Waals surface area (Å²) in [6.45, 7) is 0.594. The highest BCUT2D eigenvalue weighted by Gasteiger charge is 2.01. The molecular formula is C11H10N4O. The van der Waals surface area contributed by atoms with Crippen molar-refractivity contribution in [2.24, 2.45) is 0 Å². The molecule has 0 radical (unpaired) electrons.